The van der Waals surface area contributed by atoms with Crippen LogP contribution in [0.4, 0.5) is 5.69 Å². The number of methoxy groups -OCH3 is 1. The maximum Gasteiger partial charge on any atom is 0.231 e. The second-order valence-corrected chi connectivity index (χ2v) is 8.01. The third-order valence-electron chi connectivity index (χ3n) is 5.74. The lowest BCUT2D eigenvalue weighted by atomic mass is 9.88. The molecule has 0 saturated heterocycles. The van der Waals surface area contributed by atoms with Crippen molar-refractivity contribution in [2.45, 2.75) is 12.3 Å². The van der Waals surface area contributed by atoms with Crippen LogP contribution in [0.25, 0.3) is 16.9 Å². The lowest BCUT2D eigenvalue weighted by Crippen LogP contribution is -2.16. The van der Waals surface area contributed by atoms with Gasteiger partial charge in [-0.3, -0.25) is 4.79 Å². The number of rotatable bonds is 7. The van der Waals surface area contributed by atoms with Crippen LogP contribution in [0, 0.1) is 0 Å². The minimum Gasteiger partial charge on any atom is -0.480 e. The number of ether oxygens (including phenoxy) is 1. The lowest BCUT2D eigenvalue weighted by Gasteiger charge is -2.18. The van der Waals surface area contributed by atoms with Crippen LogP contribution in [-0.4, -0.2) is 27.6 Å². The van der Waals surface area contributed by atoms with Gasteiger partial charge in [-0.05, 0) is 29.3 Å². The summed E-state index contributed by atoms with van der Waals surface area (Å²) in [4.78, 5) is 17.7. The van der Waals surface area contributed by atoms with Crippen molar-refractivity contribution in [1.82, 2.24) is 14.6 Å². The first-order valence-electron chi connectivity index (χ1n) is 11.1. The zero-order valence-electron chi connectivity index (χ0n) is 18.8. The number of amides is 1. The molecule has 0 radical (unpaired) electrons. The van der Waals surface area contributed by atoms with Crippen LogP contribution in [0.3, 0.4) is 0 Å². The average Bonchev–Trinajstić information content (AvgIpc) is 3.32. The van der Waals surface area contributed by atoms with Gasteiger partial charge in [0.05, 0.1) is 19.0 Å². The molecule has 0 atom stereocenters. The number of anilines is 1. The fourth-order valence-corrected chi connectivity index (χ4v) is 4.07. The Morgan fingerprint density at radius 1 is 0.912 bits per heavy atom. The largest absolute Gasteiger partial charge is 0.480 e. The molecule has 6 nitrogen and oxygen atoms in total. The molecule has 6 heteroatoms. The van der Waals surface area contributed by atoms with Crippen molar-refractivity contribution < 1.29 is 9.53 Å². The van der Waals surface area contributed by atoms with Gasteiger partial charge in [0.1, 0.15) is 0 Å². The Bertz CT molecular complexity index is 1380. The molecule has 34 heavy (non-hydrogen) atoms. The van der Waals surface area contributed by atoms with E-state index in [-0.39, 0.29) is 11.8 Å². The number of benzene rings is 3. The fraction of sp³-hybridized carbons (Fsp3) is 0.107. The number of fused-ring (bicyclic) bond motifs is 1. The minimum atomic E-state index is -0.0451. The van der Waals surface area contributed by atoms with E-state index in [4.69, 9.17) is 4.74 Å². The monoisotopic (exact) mass is 448 g/mol. The summed E-state index contributed by atoms with van der Waals surface area (Å²) in [6.07, 6.45) is 2.19. The normalized spacial score (nSPS) is 11.0. The Hall–Kier alpha value is -4.45. The summed E-state index contributed by atoms with van der Waals surface area (Å²) >= 11 is 0. The van der Waals surface area contributed by atoms with E-state index in [1.165, 1.54) is 0 Å². The topological polar surface area (TPSA) is 68.5 Å². The molecule has 0 spiro atoms. The zero-order chi connectivity index (χ0) is 23.3. The Morgan fingerprint density at radius 2 is 1.62 bits per heavy atom. The van der Waals surface area contributed by atoms with Gasteiger partial charge in [-0.15, -0.1) is 5.10 Å². The van der Waals surface area contributed by atoms with Gasteiger partial charge in [0, 0.05) is 29.7 Å². The van der Waals surface area contributed by atoms with Crippen LogP contribution in [0.1, 0.15) is 23.5 Å². The number of hydrogen-bond acceptors (Lipinski definition) is 4. The summed E-state index contributed by atoms with van der Waals surface area (Å²) in [5.41, 5.74) is 5.34. The van der Waals surface area contributed by atoms with Gasteiger partial charge in [-0.25, -0.2) is 9.50 Å². The minimum absolute atomic E-state index is 0.0231. The van der Waals surface area contributed by atoms with Gasteiger partial charge in [-0.1, -0.05) is 72.8 Å². The molecular formula is C28H24N4O2. The Labute approximate surface area is 197 Å². The molecule has 2 aromatic heterocycles. The smallest absolute Gasteiger partial charge is 0.231 e. The van der Waals surface area contributed by atoms with Crippen LogP contribution in [-0.2, 0) is 4.79 Å². The molecule has 1 N–H and O–H groups in total. The Balaban J connectivity index is 1.36. The molecule has 3 aromatic carbocycles. The third-order valence-corrected chi connectivity index (χ3v) is 5.74. The van der Waals surface area contributed by atoms with E-state index < -0.39 is 0 Å². The molecular weight excluding hydrogens is 424 g/mol. The number of carbonyl (C=O) groups excluding carboxylic acids is 1. The van der Waals surface area contributed by atoms with Gasteiger partial charge < -0.3 is 10.1 Å². The van der Waals surface area contributed by atoms with E-state index in [0.717, 1.165) is 33.7 Å². The number of carbonyl (C=O) groups is 1. The highest BCUT2D eigenvalue weighted by Crippen LogP contribution is 2.29. The molecule has 168 valence electrons. The first-order valence-corrected chi connectivity index (χ1v) is 11.1. The lowest BCUT2D eigenvalue weighted by molar-refractivity contribution is -0.116. The molecule has 5 aromatic rings. The molecule has 2 heterocycles. The second-order valence-electron chi connectivity index (χ2n) is 8.01. The van der Waals surface area contributed by atoms with Crippen molar-refractivity contribution in [1.29, 1.82) is 0 Å². The van der Waals surface area contributed by atoms with Gasteiger partial charge in [0.25, 0.3) is 0 Å². The van der Waals surface area contributed by atoms with Gasteiger partial charge in [0.2, 0.25) is 11.8 Å². The Kier molecular flexibility index (Phi) is 6.03. The summed E-state index contributed by atoms with van der Waals surface area (Å²) in [6.45, 7) is 0. The van der Waals surface area contributed by atoms with Gasteiger partial charge >= 0.3 is 0 Å². The third kappa shape index (κ3) is 4.66. The van der Waals surface area contributed by atoms with E-state index >= 15 is 0 Å². The predicted molar refractivity (Wildman–Crippen MR) is 133 cm³/mol. The van der Waals surface area contributed by atoms with E-state index in [1.807, 2.05) is 72.9 Å². The fourth-order valence-electron chi connectivity index (χ4n) is 4.07. The molecule has 0 aliphatic heterocycles. The molecule has 1 amide bonds. The molecule has 5 rings (SSSR count). The summed E-state index contributed by atoms with van der Waals surface area (Å²) in [5, 5.41) is 7.43. The van der Waals surface area contributed by atoms with Crippen molar-refractivity contribution in [2.75, 3.05) is 12.4 Å². The first kappa shape index (κ1) is 21.4. The zero-order valence-corrected chi connectivity index (χ0v) is 18.8. The first-order chi connectivity index (χ1) is 16.7. The van der Waals surface area contributed by atoms with Crippen molar-refractivity contribution in [2.24, 2.45) is 0 Å². The molecule has 0 aliphatic carbocycles. The molecule has 0 fully saturated rings. The number of imidazole rings is 1. The summed E-state index contributed by atoms with van der Waals surface area (Å²) < 4.78 is 6.87. The summed E-state index contributed by atoms with van der Waals surface area (Å²) in [7, 11) is 1.58. The average molecular weight is 449 g/mol. The predicted octanol–water partition coefficient (Wildman–Crippen LogP) is 5.57. The standard InChI is InChI=1S/C28H24N4O2/c1-34-28-16-15-26-30-25(19-32(26)31-28)22-13-8-14-23(17-22)29-27(33)18-24(20-9-4-2-5-10-20)21-11-6-3-7-12-21/h2-17,19,24H,18H2,1H3,(H,29,33). The van der Waals surface area contributed by atoms with E-state index in [1.54, 1.807) is 17.7 Å². The highest BCUT2D eigenvalue weighted by molar-refractivity contribution is 5.92. The second kappa shape index (κ2) is 9.58. The van der Waals surface area contributed by atoms with Crippen molar-refractivity contribution in [3.8, 4) is 17.1 Å². The van der Waals surface area contributed by atoms with E-state index in [0.29, 0.717) is 12.3 Å². The van der Waals surface area contributed by atoms with Crippen LogP contribution >= 0.6 is 0 Å². The molecule has 0 unspecified atom stereocenters. The van der Waals surface area contributed by atoms with Crippen molar-refractivity contribution in [3.63, 3.8) is 0 Å². The highest BCUT2D eigenvalue weighted by atomic mass is 16.5. The van der Waals surface area contributed by atoms with Crippen LogP contribution < -0.4 is 10.1 Å². The summed E-state index contributed by atoms with van der Waals surface area (Å²) in [5.74, 6) is 0.449. The molecule has 0 saturated carbocycles. The SMILES string of the molecule is COc1ccc2nc(-c3cccc(NC(=O)CC(c4ccccc4)c4ccccc4)c3)cn2n1. The number of aromatic nitrogens is 3. The van der Waals surface area contributed by atoms with E-state index in [2.05, 4.69) is 39.7 Å². The number of nitrogens with one attached hydrogen (secondary N) is 1. The molecule has 0 bridgehead atoms. The maximum atomic E-state index is 13.1. The number of hydrogen-bond donors (Lipinski definition) is 1. The number of nitrogens with zero attached hydrogens (tertiary/aromatic N) is 3. The molecule has 0 aliphatic rings. The highest BCUT2D eigenvalue weighted by Gasteiger charge is 2.18. The Morgan fingerprint density at radius 3 is 2.29 bits per heavy atom. The van der Waals surface area contributed by atoms with Crippen LogP contribution in [0.15, 0.2) is 103 Å². The van der Waals surface area contributed by atoms with Gasteiger partial charge in [0.15, 0.2) is 5.65 Å². The van der Waals surface area contributed by atoms with Crippen molar-refractivity contribution >= 4 is 17.2 Å². The van der Waals surface area contributed by atoms with Gasteiger partial charge in [-0.2, -0.15) is 0 Å². The maximum absolute atomic E-state index is 13.1. The van der Waals surface area contributed by atoms with Crippen LogP contribution in [0.2, 0.25) is 0 Å². The van der Waals surface area contributed by atoms with E-state index in [9.17, 15) is 4.79 Å². The van der Waals surface area contributed by atoms with Crippen LogP contribution in [0.5, 0.6) is 5.88 Å². The van der Waals surface area contributed by atoms with Crippen molar-refractivity contribution in [3.05, 3.63) is 114 Å². The quantitative estimate of drug-likeness (QED) is 0.354. The summed E-state index contributed by atoms with van der Waals surface area (Å²) in [6, 6.07) is 31.6.